The summed E-state index contributed by atoms with van der Waals surface area (Å²) in [5.41, 5.74) is 3.74. The monoisotopic (exact) mass is 381 g/mol. The van der Waals surface area contributed by atoms with Crippen LogP contribution in [0.1, 0.15) is 79.5 Å². The van der Waals surface area contributed by atoms with Crippen LogP contribution in [0.3, 0.4) is 0 Å². The number of carbonyl (C=O) groups is 1. The van der Waals surface area contributed by atoms with E-state index in [0.29, 0.717) is 17.8 Å². The van der Waals surface area contributed by atoms with Gasteiger partial charge in [0.1, 0.15) is 5.82 Å². The molecule has 0 spiro atoms. The number of rotatable bonds is 4. The molecule has 1 heterocycles. The summed E-state index contributed by atoms with van der Waals surface area (Å²) in [6, 6.07) is 7.18. The van der Waals surface area contributed by atoms with Crippen molar-refractivity contribution in [2.75, 3.05) is 0 Å². The van der Waals surface area contributed by atoms with E-state index in [-0.39, 0.29) is 11.7 Å². The first-order valence-electron chi connectivity index (χ1n) is 10.9. The lowest BCUT2D eigenvalue weighted by atomic mass is 10.1. The summed E-state index contributed by atoms with van der Waals surface area (Å²) in [7, 11) is 0. The predicted molar refractivity (Wildman–Crippen MR) is 106 cm³/mol. The number of hydrogen-bond donors (Lipinski definition) is 0. The van der Waals surface area contributed by atoms with Gasteiger partial charge in [-0.15, -0.1) is 0 Å². The third-order valence-corrected chi connectivity index (χ3v) is 6.87. The minimum Gasteiger partial charge on any atom is -0.331 e. The molecule has 4 nitrogen and oxygen atoms in total. The van der Waals surface area contributed by atoms with Crippen molar-refractivity contribution in [1.82, 2.24) is 14.7 Å². The normalized spacial score (nSPS) is 20.0. The van der Waals surface area contributed by atoms with Crippen LogP contribution in [0.15, 0.2) is 24.3 Å². The molecule has 3 aliphatic rings. The van der Waals surface area contributed by atoms with E-state index in [4.69, 9.17) is 5.10 Å². The molecule has 0 atom stereocenters. The molecule has 2 saturated carbocycles. The van der Waals surface area contributed by atoms with Crippen molar-refractivity contribution in [2.45, 2.75) is 82.7 Å². The van der Waals surface area contributed by atoms with Crippen molar-refractivity contribution in [1.29, 1.82) is 0 Å². The molecule has 1 amide bonds. The average molecular weight is 381 g/mol. The van der Waals surface area contributed by atoms with Crippen LogP contribution in [0.4, 0.5) is 4.39 Å². The van der Waals surface area contributed by atoms with Gasteiger partial charge in [0, 0.05) is 23.3 Å². The Morgan fingerprint density at radius 2 is 1.54 bits per heavy atom. The fourth-order valence-corrected chi connectivity index (χ4v) is 5.52. The Balaban J connectivity index is 1.53. The molecular weight excluding hydrogens is 353 g/mol. The van der Waals surface area contributed by atoms with E-state index in [0.717, 1.165) is 61.9 Å². The maximum Gasteiger partial charge on any atom is 0.275 e. The molecule has 2 aromatic rings. The summed E-state index contributed by atoms with van der Waals surface area (Å²) in [5, 5.41) is 4.80. The van der Waals surface area contributed by atoms with Gasteiger partial charge in [-0.3, -0.25) is 4.79 Å². The average Bonchev–Trinajstić information content (AvgIpc) is 3.48. The van der Waals surface area contributed by atoms with Crippen LogP contribution in [0, 0.1) is 5.82 Å². The van der Waals surface area contributed by atoms with Crippen LogP contribution < -0.4 is 0 Å². The molecule has 2 fully saturated rings. The number of benzene rings is 1. The van der Waals surface area contributed by atoms with Gasteiger partial charge in [0.2, 0.25) is 0 Å². The Morgan fingerprint density at radius 1 is 0.929 bits per heavy atom. The van der Waals surface area contributed by atoms with Crippen LogP contribution in [0.2, 0.25) is 0 Å². The molecular formula is C23H28FN3O. The second-order valence-electron chi connectivity index (χ2n) is 8.60. The maximum absolute atomic E-state index is 13.8. The van der Waals surface area contributed by atoms with Crippen LogP contribution in [-0.2, 0) is 12.8 Å². The Kier molecular flexibility index (Phi) is 4.69. The summed E-state index contributed by atoms with van der Waals surface area (Å²) in [6.07, 6.45) is 12.3. The van der Waals surface area contributed by atoms with Crippen molar-refractivity contribution < 1.29 is 9.18 Å². The minimum absolute atomic E-state index is 0.137. The highest BCUT2D eigenvalue weighted by Gasteiger charge is 2.38. The van der Waals surface area contributed by atoms with Crippen molar-refractivity contribution >= 4 is 5.91 Å². The topological polar surface area (TPSA) is 38.1 Å². The lowest BCUT2D eigenvalue weighted by Crippen LogP contribution is -2.45. The van der Waals surface area contributed by atoms with E-state index in [2.05, 4.69) is 4.90 Å². The molecule has 0 unspecified atom stereocenters. The highest BCUT2D eigenvalue weighted by Crippen LogP contribution is 2.35. The second-order valence-corrected chi connectivity index (χ2v) is 8.60. The smallest absolute Gasteiger partial charge is 0.275 e. The molecule has 5 rings (SSSR count). The van der Waals surface area contributed by atoms with Crippen LogP contribution in [0.25, 0.3) is 5.69 Å². The summed E-state index contributed by atoms with van der Waals surface area (Å²) >= 11 is 0. The Morgan fingerprint density at radius 3 is 2.14 bits per heavy atom. The number of carbonyl (C=O) groups excluding carboxylic acids is 1. The number of amides is 1. The molecule has 5 heteroatoms. The summed E-state index contributed by atoms with van der Waals surface area (Å²) in [4.78, 5) is 16.0. The van der Waals surface area contributed by atoms with Crippen molar-refractivity contribution in [3.8, 4) is 5.69 Å². The largest absolute Gasteiger partial charge is 0.331 e. The molecule has 28 heavy (non-hydrogen) atoms. The van der Waals surface area contributed by atoms with Gasteiger partial charge in [-0.25, -0.2) is 9.07 Å². The number of fused-ring (bicyclic) bond motifs is 1. The molecule has 148 valence electrons. The van der Waals surface area contributed by atoms with Crippen LogP contribution in [0.5, 0.6) is 0 Å². The SMILES string of the molecule is O=C(c1nn(-c2ccc(F)cc2)c2c1CCC2)N(C1CCCC1)C1CCCC1. The molecule has 0 radical (unpaired) electrons. The Labute approximate surface area is 165 Å². The predicted octanol–water partition coefficient (Wildman–Crippen LogP) is 4.83. The van der Waals surface area contributed by atoms with Gasteiger partial charge >= 0.3 is 0 Å². The molecule has 0 N–H and O–H groups in total. The van der Waals surface area contributed by atoms with Gasteiger partial charge in [-0.2, -0.15) is 5.10 Å². The highest BCUT2D eigenvalue weighted by atomic mass is 19.1. The third-order valence-electron chi connectivity index (χ3n) is 6.87. The van der Waals surface area contributed by atoms with E-state index in [1.807, 2.05) is 4.68 Å². The van der Waals surface area contributed by atoms with Crippen molar-refractivity contribution in [3.63, 3.8) is 0 Å². The lowest BCUT2D eigenvalue weighted by Gasteiger charge is -2.34. The quantitative estimate of drug-likeness (QED) is 0.761. The number of nitrogens with zero attached hydrogens (tertiary/aromatic N) is 3. The highest BCUT2D eigenvalue weighted by molar-refractivity contribution is 5.95. The first-order chi connectivity index (χ1) is 13.7. The summed E-state index contributed by atoms with van der Waals surface area (Å²) in [5.74, 6) is -0.115. The zero-order chi connectivity index (χ0) is 19.1. The molecule has 0 aliphatic heterocycles. The van der Waals surface area contributed by atoms with Crippen molar-refractivity contribution in [3.05, 3.63) is 47.0 Å². The molecule has 0 bridgehead atoms. The third kappa shape index (κ3) is 3.05. The molecule has 1 aromatic heterocycles. The van der Waals surface area contributed by atoms with Gasteiger partial charge in [-0.05, 0) is 69.2 Å². The Bertz CT molecular complexity index is 845. The van der Waals surface area contributed by atoms with Gasteiger partial charge < -0.3 is 4.90 Å². The van der Waals surface area contributed by atoms with E-state index < -0.39 is 0 Å². The number of hydrogen-bond acceptors (Lipinski definition) is 2. The van der Waals surface area contributed by atoms with E-state index in [1.54, 1.807) is 12.1 Å². The van der Waals surface area contributed by atoms with E-state index >= 15 is 0 Å². The van der Waals surface area contributed by atoms with Crippen LogP contribution >= 0.6 is 0 Å². The van der Waals surface area contributed by atoms with Crippen molar-refractivity contribution in [2.24, 2.45) is 0 Å². The lowest BCUT2D eigenvalue weighted by molar-refractivity contribution is 0.0572. The zero-order valence-corrected chi connectivity index (χ0v) is 16.4. The second kappa shape index (κ2) is 7.34. The van der Waals surface area contributed by atoms with Gasteiger partial charge in [0.25, 0.3) is 5.91 Å². The van der Waals surface area contributed by atoms with Gasteiger partial charge in [0.05, 0.1) is 5.69 Å². The summed E-state index contributed by atoms with van der Waals surface area (Å²) < 4.78 is 15.3. The fourth-order valence-electron chi connectivity index (χ4n) is 5.52. The van der Waals surface area contributed by atoms with Gasteiger partial charge in [0.15, 0.2) is 5.69 Å². The molecule has 3 aliphatic carbocycles. The molecule has 1 aromatic carbocycles. The van der Waals surface area contributed by atoms with E-state index in [9.17, 15) is 9.18 Å². The summed E-state index contributed by atoms with van der Waals surface area (Å²) in [6.45, 7) is 0. The minimum atomic E-state index is -0.252. The van der Waals surface area contributed by atoms with E-state index in [1.165, 1.54) is 37.8 Å². The Hall–Kier alpha value is -2.17. The number of aromatic nitrogens is 2. The maximum atomic E-state index is 13.8. The standard InChI is InChI=1S/C23H28FN3O/c24-16-12-14-19(15-13-16)27-21-11-5-10-20(21)22(25-27)23(28)26(17-6-1-2-7-17)18-8-3-4-9-18/h12-15,17-18H,1-11H2. The molecule has 0 saturated heterocycles. The first kappa shape index (κ1) is 17.9. The first-order valence-corrected chi connectivity index (χ1v) is 10.9. The fraction of sp³-hybridized carbons (Fsp3) is 0.565. The number of halogens is 1. The van der Waals surface area contributed by atoms with Gasteiger partial charge in [-0.1, -0.05) is 25.7 Å². The zero-order valence-electron chi connectivity index (χ0n) is 16.4. The van der Waals surface area contributed by atoms with Crippen LogP contribution in [-0.4, -0.2) is 32.7 Å².